The van der Waals surface area contributed by atoms with E-state index in [1.165, 1.54) is 19.3 Å². The predicted molar refractivity (Wildman–Crippen MR) is 87.7 cm³/mol. The lowest BCUT2D eigenvalue weighted by molar-refractivity contribution is 0.328. The van der Waals surface area contributed by atoms with E-state index in [2.05, 4.69) is 36.4 Å². The van der Waals surface area contributed by atoms with Crippen LogP contribution in [0.15, 0.2) is 12.3 Å². The Morgan fingerprint density at radius 1 is 1.43 bits per heavy atom. The number of imidazole rings is 1. The Bertz CT molecular complexity index is 647. The van der Waals surface area contributed by atoms with Gasteiger partial charge >= 0.3 is 0 Å². The van der Waals surface area contributed by atoms with E-state index in [-0.39, 0.29) is 5.38 Å². The molecule has 0 bridgehead atoms. The van der Waals surface area contributed by atoms with Gasteiger partial charge in [-0.05, 0) is 50.2 Å². The van der Waals surface area contributed by atoms with Crippen molar-refractivity contribution in [1.82, 2.24) is 14.5 Å². The van der Waals surface area contributed by atoms with Crippen LogP contribution in [0.4, 0.5) is 0 Å². The van der Waals surface area contributed by atoms with Crippen LogP contribution in [-0.4, -0.2) is 14.5 Å². The van der Waals surface area contributed by atoms with E-state index in [0.29, 0.717) is 12.0 Å². The summed E-state index contributed by atoms with van der Waals surface area (Å²) in [6.07, 6.45) is 5.68. The minimum atomic E-state index is -0.0904. The highest BCUT2D eigenvalue weighted by atomic mass is 35.5. The number of nitrogens with zero attached hydrogens (tertiary/aromatic N) is 3. The van der Waals surface area contributed by atoms with Crippen LogP contribution < -0.4 is 0 Å². The second kappa shape index (κ2) is 5.60. The van der Waals surface area contributed by atoms with E-state index in [0.717, 1.165) is 28.5 Å². The minimum Gasteiger partial charge on any atom is -0.308 e. The van der Waals surface area contributed by atoms with Crippen molar-refractivity contribution in [3.8, 4) is 0 Å². The molecule has 2 aromatic rings. The van der Waals surface area contributed by atoms with Crippen molar-refractivity contribution in [3.05, 3.63) is 23.7 Å². The first-order chi connectivity index (χ1) is 10.0. The number of aromatic nitrogens is 3. The summed E-state index contributed by atoms with van der Waals surface area (Å²) < 4.78 is 2.33. The molecule has 0 saturated heterocycles. The van der Waals surface area contributed by atoms with Crippen molar-refractivity contribution < 1.29 is 0 Å². The molecule has 0 spiro atoms. The second-order valence-electron chi connectivity index (χ2n) is 6.48. The molecule has 0 N–H and O–H groups in total. The molecule has 2 aromatic heterocycles. The molecule has 4 unspecified atom stereocenters. The predicted octanol–water partition coefficient (Wildman–Crippen LogP) is 5.04. The van der Waals surface area contributed by atoms with E-state index in [1.54, 1.807) is 0 Å². The highest BCUT2D eigenvalue weighted by Crippen LogP contribution is 2.44. The number of aryl methyl sites for hydroxylation is 1. The van der Waals surface area contributed by atoms with Gasteiger partial charge in [0.05, 0.1) is 5.38 Å². The molecule has 1 aliphatic carbocycles. The van der Waals surface area contributed by atoms with Crippen molar-refractivity contribution in [1.29, 1.82) is 0 Å². The summed E-state index contributed by atoms with van der Waals surface area (Å²) >= 11 is 6.40. The van der Waals surface area contributed by atoms with Crippen LogP contribution in [0.25, 0.3) is 11.2 Å². The third kappa shape index (κ3) is 2.46. The molecule has 3 nitrogen and oxygen atoms in total. The molecule has 4 atom stereocenters. The maximum Gasteiger partial charge on any atom is 0.160 e. The highest BCUT2D eigenvalue weighted by molar-refractivity contribution is 6.20. The van der Waals surface area contributed by atoms with Gasteiger partial charge in [0, 0.05) is 12.2 Å². The standard InChI is InChI=1S/C17H24ClN3/c1-5-13-6-7-15(11(13)3)21-16(12(4)18)20-14-8-10(2)9-19-17(14)21/h8-9,11-13,15H,5-7H2,1-4H3. The minimum absolute atomic E-state index is 0.0904. The van der Waals surface area contributed by atoms with Gasteiger partial charge in [-0.15, -0.1) is 11.6 Å². The molecule has 1 saturated carbocycles. The van der Waals surface area contributed by atoms with Gasteiger partial charge in [0.15, 0.2) is 5.65 Å². The third-order valence-electron chi connectivity index (χ3n) is 5.09. The quantitative estimate of drug-likeness (QED) is 0.744. The summed E-state index contributed by atoms with van der Waals surface area (Å²) in [6, 6.07) is 2.59. The van der Waals surface area contributed by atoms with Gasteiger partial charge in [-0.2, -0.15) is 0 Å². The lowest BCUT2D eigenvalue weighted by Gasteiger charge is -2.24. The zero-order valence-electron chi connectivity index (χ0n) is 13.3. The summed E-state index contributed by atoms with van der Waals surface area (Å²) in [7, 11) is 0. The van der Waals surface area contributed by atoms with Crippen LogP contribution in [0.2, 0.25) is 0 Å². The van der Waals surface area contributed by atoms with Crippen LogP contribution in [0, 0.1) is 18.8 Å². The molecule has 0 amide bonds. The maximum absolute atomic E-state index is 6.40. The molecule has 4 heteroatoms. The number of rotatable bonds is 3. The first kappa shape index (κ1) is 14.8. The zero-order chi connectivity index (χ0) is 15.1. The van der Waals surface area contributed by atoms with E-state index >= 15 is 0 Å². The zero-order valence-corrected chi connectivity index (χ0v) is 14.1. The molecule has 114 valence electrons. The fourth-order valence-electron chi connectivity index (χ4n) is 3.87. The smallest absolute Gasteiger partial charge is 0.160 e. The number of hydrogen-bond donors (Lipinski definition) is 0. The lowest BCUT2D eigenvalue weighted by atomic mass is 9.93. The van der Waals surface area contributed by atoms with E-state index in [9.17, 15) is 0 Å². The van der Waals surface area contributed by atoms with Gasteiger partial charge in [-0.25, -0.2) is 9.97 Å². The van der Waals surface area contributed by atoms with Crippen LogP contribution >= 0.6 is 11.6 Å². The average molecular weight is 306 g/mol. The van der Waals surface area contributed by atoms with Crippen LogP contribution in [-0.2, 0) is 0 Å². The summed E-state index contributed by atoms with van der Waals surface area (Å²) in [5.41, 5.74) is 3.12. The Kier molecular flexibility index (Phi) is 3.96. The fraction of sp³-hybridized carbons (Fsp3) is 0.647. The number of hydrogen-bond acceptors (Lipinski definition) is 2. The normalized spacial score (nSPS) is 27.4. The lowest BCUT2D eigenvalue weighted by Crippen LogP contribution is -2.18. The number of halogens is 1. The van der Waals surface area contributed by atoms with Crippen molar-refractivity contribution in [3.63, 3.8) is 0 Å². The van der Waals surface area contributed by atoms with Crippen molar-refractivity contribution in [2.45, 2.75) is 58.4 Å². The molecule has 0 aromatic carbocycles. The Labute approximate surface area is 131 Å². The second-order valence-corrected chi connectivity index (χ2v) is 7.14. The van der Waals surface area contributed by atoms with E-state index in [4.69, 9.17) is 16.6 Å². The molecule has 3 rings (SSSR count). The van der Waals surface area contributed by atoms with E-state index < -0.39 is 0 Å². The molecule has 21 heavy (non-hydrogen) atoms. The van der Waals surface area contributed by atoms with Crippen LogP contribution in [0.5, 0.6) is 0 Å². The Balaban J connectivity index is 2.14. The van der Waals surface area contributed by atoms with Gasteiger partial charge in [-0.3, -0.25) is 0 Å². The monoisotopic (exact) mass is 305 g/mol. The molecule has 2 heterocycles. The van der Waals surface area contributed by atoms with E-state index in [1.807, 2.05) is 13.1 Å². The van der Waals surface area contributed by atoms with Crippen LogP contribution in [0.3, 0.4) is 0 Å². The number of fused-ring (bicyclic) bond motifs is 1. The van der Waals surface area contributed by atoms with Crippen molar-refractivity contribution in [2.75, 3.05) is 0 Å². The van der Waals surface area contributed by atoms with Gasteiger partial charge < -0.3 is 4.57 Å². The van der Waals surface area contributed by atoms with Gasteiger partial charge in [-0.1, -0.05) is 20.3 Å². The first-order valence-corrected chi connectivity index (χ1v) is 8.45. The summed E-state index contributed by atoms with van der Waals surface area (Å²) in [5.74, 6) is 2.43. The Morgan fingerprint density at radius 3 is 2.81 bits per heavy atom. The molecule has 0 radical (unpaired) electrons. The topological polar surface area (TPSA) is 30.7 Å². The first-order valence-electron chi connectivity index (χ1n) is 8.01. The van der Waals surface area contributed by atoms with Crippen LogP contribution in [0.1, 0.15) is 62.8 Å². The fourth-order valence-corrected chi connectivity index (χ4v) is 4.03. The highest BCUT2D eigenvalue weighted by Gasteiger charge is 2.35. The van der Waals surface area contributed by atoms with Gasteiger partial charge in [0.25, 0.3) is 0 Å². The third-order valence-corrected chi connectivity index (χ3v) is 5.28. The average Bonchev–Trinajstić information content (AvgIpc) is 2.98. The van der Waals surface area contributed by atoms with Crippen molar-refractivity contribution >= 4 is 22.8 Å². The molecular formula is C17H24ClN3. The Morgan fingerprint density at radius 2 is 2.19 bits per heavy atom. The van der Waals surface area contributed by atoms with Gasteiger partial charge in [0.1, 0.15) is 11.3 Å². The summed E-state index contributed by atoms with van der Waals surface area (Å²) in [6.45, 7) is 8.72. The SMILES string of the molecule is CCC1CCC(n2c(C(C)Cl)nc3cc(C)cnc32)C1C. The Hall–Kier alpha value is -1.09. The maximum atomic E-state index is 6.40. The summed E-state index contributed by atoms with van der Waals surface area (Å²) in [5, 5.41) is -0.0904. The largest absolute Gasteiger partial charge is 0.308 e. The molecular weight excluding hydrogens is 282 g/mol. The number of alkyl halides is 1. The molecule has 1 aliphatic rings. The molecule has 0 aliphatic heterocycles. The van der Waals surface area contributed by atoms with Crippen molar-refractivity contribution in [2.24, 2.45) is 11.8 Å². The number of pyridine rings is 1. The molecule has 1 fully saturated rings. The van der Waals surface area contributed by atoms with Gasteiger partial charge in [0.2, 0.25) is 0 Å². The summed E-state index contributed by atoms with van der Waals surface area (Å²) in [4.78, 5) is 9.43.